The minimum Gasteiger partial charge on any atom is -0.497 e. The summed E-state index contributed by atoms with van der Waals surface area (Å²) in [6.07, 6.45) is -3.20. The lowest BCUT2D eigenvalue weighted by atomic mass is 10.0. The zero-order valence-corrected chi connectivity index (χ0v) is 14.7. The lowest BCUT2D eigenvalue weighted by molar-refractivity contribution is 0.0170. The number of nitrogens with one attached hydrogen (secondary N) is 1. The Kier molecular flexibility index (Phi) is 7.25. The van der Waals surface area contributed by atoms with Crippen LogP contribution in [0.5, 0.6) is 11.5 Å². The van der Waals surface area contributed by atoms with Crippen LogP contribution in [-0.4, -0.2) is 43.2 Å². The maximum absolute atomic E-state index is 11.7. The molecule has 0 bridgehead atoms. The number of ether oxygens (including phenoxy) is 3. The van der Waals surface area contributed by atoms with Crippen LogP contribution < -0.4 is 14.8 Å². The van der Waals surface area contributed by atoms with Gasteiger partial charge in [-0.15, -0.1) is 0 Å². The second-order valence-electron chi connectivity index (χ2n) is 5.56. The van der Waals surface area contributed by atoms with Crippen molar-refractivity contribution in [2.75, 3.05) is 20.8 Å². The van der Waals surface area contributed by atoms with E-state index in [4.69, 9.17) is 14.2 Å². The quantitative estimate of drug-likeness (QED) is 0.666. The lowest BCUT2D eigenvalue weighted by Gasteiger charge is -2.21. The van der Waals surface area contributed by atoms with Gasteiger partial charge in [0, 0.05) is 12.1 Å². The van der Waals surface area contributed by atoms with Gasteiger partial charge in [-0.1, -0.05) is 30.3 Å². The number of methoxy groups -OCH3 is 2. The van der Waals surface area contributed by atoms with Crippen molar-refractivity contribution in [3.05, 3.63) is 59.7 Å². The second-order valence-corrected chi connectivity index (χ2v) is 5.56. The number of rotatable bonds is 8. The number of hydrogen-bond acceptors (Lipinski definition) is 6. The van der Waals surface area contributed by atoms with Crippen LogP contribution in [0, 0.1) is 0 Å². The number of benzene rings is 2. The maximum Gasteiger partial charge on any atom is 0.407 e. The molecule has 0 spiro atoms. The molecule has 2 rings (SSSR count). The highest BCUT2D eigenvalue weighted by Gasteiger charge is 2.23. The molecule has 26 heavy (non-hydrogen) atoms. The fourth-order valence-corrected chi connectivity index (χ4v) is 2.35. The van der Waals surface area contributed by atoms with Gasteiger partial charge in [0.05, 0.1) is 14.2 Å². The maximum atomic E-state index is 11.7. The molecule has 2 aromatic rings. The molecule has 3 N–H and O–H groups in total. The van der Waals surface area contributed by atoms with Crippen molar-refractivity contribution in [3.63, 3.8) is 0 Å². The van der Waals surface area contributed by atoms with Gasteiger partial charge in [-0.3, -0.25) is 0 Å². The van der Waals surface area contributed by atoms with Crippen LogP contribution in [0.2, 0.25) is 0 Å². The van der Waals surface area contributed by atoms with E-state index < -0.39 is 18.3 Å². The van der Waals surface area contributed by atoms with Crippen LogP contribution in [-0.2, 0) is 11.3 Å². The van der Waals surface area contributed by atoms with Crippen LogP contribution in [0.3, 0.4) is 0 Å². The zero-order valence-electron chi connectivity index (χ0n) is 14.7. The van der Waals surface area contributed by atoms with E-state index in [1.807, 2.05) is 30.3 Å². The molecule has 2 aromatic carbocycles. The van der Waals surface area contributed by atoms with Gasteiger partial charge in [-0.2, -0.15) is 0 Å². The average molecular weight is 361 g/mol. The summed E-state index contributed by atoms with van der Waals surface area (Å²) in [6, 6.07) is 14.1. The van der Waals surface area contributed by atoms with Crippen molar-refractivity contribution in [2.45, 2.75) is 18.8 Å². The summed E-state index contributed by atoms with van der Waals surface area (Å²) in [5.41, 5.74) is 1.21. The molecule has 0 aliphatic carbocycles. The monoisotopic (exact) mass is 361 g/mol. The highest BCUT2D eigenvalue weighted by atomic mass is 16.5. The molecule has 2 unspecified atom stereocenters. The van der Waals surface area contributed by atoms with Crippen molar-refractivity contribution in [1.29, 1.82) is 0 Å². The third-order valence-electron chi connectivity index (χ3n) is 3.79. The van der Waals surface area contributed by atoms with Crippen molar-refractivity contribution >= 4 is 6.09 Å². The number of carbonyl (C=O) groups excluding carboxylic acids is 1. The van der Waals surface area contributed by atoms with Crippen molar-refractivity contribution in [3.8, 4) is 11.5 Å². The molecule has 0 saturated heterocycles. The number of carbonyl (C=O) groups is 1. The SMILES string of the molecule is COc1ccc(OC)c(C(O)C(O)CNC(=O)OCc2ccccc2)c1. The highest BCUT2D eigenvalue weighted by Crippen LogP contribution is 2.30. The highest BCUT2D eigenvalue weighted by molar-refractivity contribution is 5.67. The number of alkyl carbamates (subject to hydrolysis) is 1. The first-order valence-corrected chi connectivity index (χ1v) is 8.07. The Hall–Kier alpha value is -2.77. The van der Waals surface area contributed by atoms with E-state index in [1.54, 1.807) is 18.2 Å². The largest absolute Gasteiger partial charge is 0.497 e. The Morgan fingerprint density at radius 3 is 2.46 bits per heavy atom. The van der Waals surface area contributed by atoms with Crippen molar-refractivity contribution in [1.82, 2.24) is 5.32 Å². The van der Waals surface area contributed by atoms with E-state index in [9.17, 15) is 15.0 Å². The molecule has 0 aromatic heterocycles. The molecule has 0 aliphatic heterocycles. The van der Waals surface area contributed by atoms with E-state index in [1.165, 1.54) is 14.2 Å². The fraction of sp³-hybridized carbons (Fsp3) is 0.316. The normalized spacial score (nSPS) is 12.8. The minimum atomic E-state index is -1.27. The Morgan fingerprint density at radius 1 is 1.08 bits per heavy atom. The van der Waals surface area contributed by atoms with Gasteiger partial charge in [-0.05, 0) is 23.8 Å². The molecule has 2 atom stereocenters. The van der Waals surface area contributed by atoms with Crippen LogP contribution in [0.25, 0.3) is 0 Å². The predicted molar refractivity (Wildman–Crippen MR) is 95.1 cm³/mol. The standard InChI is InChI=1S/C19H23NO6/c1-24-14-8-9-17(25-2)15(10-14)18(22)16(21)11-20-19(23)26-12-13-6-4-3-5-7-13/h3-10,16,18,21-22H,11-12H2,1-2H3,(H,20,23). The molecule has 0 saturated carbocycles. The molecule has 0 fully saturated rings. The summed E-state index contributed by atoms with van der Waals surface area (Å²) in [4.78, 5) is 11.7. The van der Waals surface area contributed by atoms with Crippen LogP contribution >= 0.6 is 0 Å². The third-order valence-corrected chi connectivity index (χ3v) is 3.79. The Bertz CT molecular complexity index is 706. The van der Waals surface area contributed by atoms with E-state index in [0.29, 0.717) is 17.1 Å². The van der Waals surface area contributed by atoms with Crippen molar-refractivity contribution < 1.29 is 29.2 Å². The summed E-state index contributed by atoms with van der Waals surface area (Å²) >= 11 is 0. The Morgan fingerprint density at radius 2 is 1.81 bits per heavy atom. The number of hydrogen-bond donors (Lipinski definition) is 3. The smallest absolute Gasteiger partial charge is 0.407 e. The second kappa shape index (κ2) is 9.65. The van der Waals surface area contributed by atoms with Crippen LogP contribution in [0.1, 0.15) is 17.2 Å². The molecule has 140 valence electrons. The average Bonchev–Trinajstić information content (AvgIpc) is 2.70. The molecule has 0 aliphatic rings. The van der Waals surface area contributed by atoms with Crippen molar-refractivity contribution in [2.24, 2.45) is 0 Å². The summed E-state index contributed by atoms with van der Waals surface area (Å²) in [6.45, 7) is -0.0653. The molecule has 1 amide bonds. The topological polar surface area (TPSA) is 97.3 Å². The predicted octanol–water partition coefficient (Wildman–Crippen LogP) is 2.02. The van der Waals surface area contributed by atoms with E-state index >= 15 is 0 Å². The van der Waals surface area contributed by atoms with E-state index in [0.717, 1.165) is 5.56 Å². The van der Waals surface area contributed by atoms with Gasteiger partial charge < -0.3 is 29.7 Å². The van der Waals surface area contributed by atoms with Gasteiger partial charge in [0.25, 0.3) is 0 Å². The van der Waals surface area contributed by atoms with E-state index in [-0.39, 0.29) is 13.2 Å². The minimum absolute atomic E-state index is 0.120. The van der Waals surface area contributed by atoms with Gasteiger partial charge in [0.1, 0.15) is 30.3 Å². The number of aliphatic hydroxyl groups is 2. The summed E-state index contributed by atoms with van der Waals surface area (Å²) in [5, 5.41) is 23.0. The first-order chi connectivity index (χ1) is 12.5. The summed E-state index contributed by atoms with van der Waals surface area (Å²) in [5.74, 6) is 0.922. The van der Waals surface area contributed by atoms with Crippen LogP contribution in [0.4, 0.5) is 4.79 Å². The number of aliphatic hydroxyl groups excluding tert-OH is 2. The molecule has 7 nitrogen and oxygen atoms in total. The lowest BCUT2D eigenvalue weighted by Crippen LogP contribution is -2.35. The molecule has 0 heterocycles. The Labute approximate surface area is 152 Å². The zero-order chi connectivity index (χ0) is 18.9. The first kappa shape index (κ1) is 19.6. The fourth-order valence-electron chi connectivity index (χ4n) is 2.35. The summed E-state index contributed by atoms with van der Waals surface area (Å²) < 4.78 is 15.4. The van der Waals surface area contributed by atoms with Gasteiger partial charge in [-0.25, -0.2) is 4.79 Å². The molecular formula is C19H23NO6. The molecule has 7 heteroatoms. The third kappa shape index (κ3) is 5.37. The van der Waals surface area contributed by atoms with Crippen LogP contribution in [0.15, 0.2) is 48.5 Å². The first-order valence-electron chi connectivity index (χ1n) is 8.07. The Balaban J connectivity index is 1.88. The summed E-state index contributed by atoms with van der Waals surface area (Å²) in [7, 11) is 2.96. The molecular weight excluding hydrogens is 338 g/mol. The number of amides is 1. The van der Waals surface area contributed by atoms with Gasteiger partial charge in [0.2, 0.25) is 0 Å². The van der Waals surface area contributed by atoms with Gasteiger partial charge in [0.15, 0.2) is 0 Å². The van der Waals surface area contributed by atoms with Gasteiger partial charge >= 0.3 is 6.09 Å². The molecule has 0 radical (unpaired) electrons. The van der Waals surface area contributed by atoms with E-state index in [2.05, 4.69) is 5.32 Å².